The summed E-state index contributed by atoms with van der Waals surface area (Å²) in [6.45, 7) is 2.84. The zero-order valence-corrected chi connectivity index (χ0v) is 18.4. The molecule has 4 rings (SSSR count). The Morgan fingerprint density at radius 1 is 1.14 bits per heavy atom. The Balaban J connectivity index is 1.66. The molecule has 4 aromatic rings. The van der Waals surface area contributed by atoms with Crippen LogP contribution in [-0.4, -0.2) is 21.2 Å². The van der Waals surface area contributed by atoms with E-state index in [1.54, 1.807) is 0 Å². The summed E-state index contributed by atoms with van der Waals surface area (Å²) >= 11 is 4.75. The van der Waals surface area contributed by atoms with Gasteiger partial charge in [0, 0.05) is 15.6 Å². The maximum atomic E-state index is 12.8. The number of hydrogen-bond acceptors (Lipinski definition) is 5. The molecule has 0 N–H and O–H groups in total. The second-order valence-corrected chi connectivity index (χ2v) is 8.57. The number of hydrogen-bond donors (Lipinski definition) is 0. The lowest BCUT2D eigenvalue weighted by Crippen LogP contribution is -2.23. The molecule has 0 aliphatic rings. The van der Waals surface area contributed by atoms with E-state index in [2.05, 4.69) is 32.9 Å². The summed E-state index contributed by atoms with van der Waals surface area (Å²) < 4.78 is 8.87. The number of nitrogens with zero attached hydrogens (tertiary/aromatic N) is 3. The maximum absolute atomic E-state index is 12.8. The van der Waals surface area contributed by atoms with Crippen molar-refractivity contribution in [2.24, 2.45) is 0 Å². The lowest BCUT2D eigenvalue weighted by molar-refractivity contribution is 0.305. The first-order valence-corrected chi connectivity index (χ1v) is 11.2. The average Bonchev–Trinajstić information content (AvgIpc) is 3.27. The molecule has 2 heterocycles. The first-order chi connectivity index (χ1) is 14.2. The molecule has 0 amide bonds. The lowest BCUT2D eigenvalue weighted by Gasteiger charge is -2.08. The lowest BCUT2D eigenvalue weighted by atomic mass is 10.2. The molecule has 2 aromatic heterocycles. The van der Waals surface area contributed by atoms with Gasteiger partial charge in [-0.25, -0.2) is 0 Å². The molecule has 0 saturated carbocycles. The van der Waals surface area contributed by atoms with E-state index >= 15 is 0 Å². The minimum Gasteiger partial charge on any atom is -0.493 e. The topological polar surface area (TPSA) is 56.5 Å². The van der Waals surface area contributed by atoms with E-state index in [1.165, 1.54) is 15.9 Å². The minimum atomic E-state index is -0.165. The fourth-order valence-electron chi connectivity index (χ4n) is 2.96. The largest absolute Gasteiger partial charge is 0.493 e. The van der Waals surface area contributed by atoms with Gasteiger partial charge in [0.15, 0.2) is 5.82 Å². The number of ether oxygens (including phenoxy) is 1. The number of aromatic nitrogens is 3. The Bertz CT molecular complexity index is 1230. The Kier molecular flexibility index (Phi) is 6.06. The van der Waals surface area contributed by atoms with Crippen molar-refractivity contribution < 1.29 is 4.74 Å². The van der Waals surface area contributed by atoms with Crippen LogP contribution in [0.15, 0.2) is 57.8 Å². The van der Waals surface area contributed by atoms with Crippen LogP contribution in [0.1, 0.15) is 31.7 Å². The third kappa shape index (κ3) is 4.41. The van der Waals surface area contributed by atoms with Crippen molar-refractivity contribution in [3.8, 4) is 17.1 Å². The van der Waals surface area contributed by atoms with Gasteiger partial charge >= 0.3 is 0 Å². The Morgan fingerprint density at radius 2 is 1.93 bits per heavy atom. The number of halogens is 1. The van der Waals surface area contributed by atoms with E-state index in [1.807, 2.05) is 54.6 Å². The number of fused-ring (bicyclic) bond motifs is 1. The minimum absolute atomic E-state index is 0.165. The normalized spacial score (nSPS) is 12.0. The van der Waals surface area contributed by atoms with Crippen LogP contribution in [0.25, 0.3) is 22.4 Å². The van der Waals surface area contributed by atoms with E-state index < -0.39 is 0 Å². The molecule has 2 aromatic carbocycles. The number of rotatable bonds is 7. The summed E-state index contributed by atoms with van der Waals surface area (Å²) in [6, 6.07) is 15.5. The van der Waals surface area contributed by atoms with Crippen LogP contribution < -0.4 is 14.8 Å². The Morgan fingerprint density at radius 3 is 2.69 bits per heavy atom. The van der Waals surface area contributed by atoms with Crippen LogP contribution in [0.3, 0.4) is 0 Å². The van der Waals surface area contributed by atoms with E-state index in [9.17, 15) is 4.79 Å². The molecule has 0 radical (unpaired) electrons. The highest BCUT2D eigenvalue weighted by Gasteiger charge is 2.12. The van der Waals surface area contributed by atoms with Gasteiger partial charge in [0.05, 0.1) is 11.1 Å². The SMILES string of the molecule is CCCCCOc1ccccc1/C=c1/sc2nc(-c3ccc(Br)cc3)nn2c1=O. The van der Waals surface area contributed by atoms with E-state index in [0.29, 0.717) is 21.9 Å². The number of thiazole rings is 1. The fourth-order valence-corrected chi connectivity index (χ4v) is 4.12. The molecule has 0 spiro atoms. The molecule has 0 aliphatic carbocycles. The van der Waals surface area contributed by atoms with Crippen LogP contribution >= 0.6 is 27.3 Å². The fraction of sp³-hybridized carbons (Fsp3) is 0.227. The highest BCUT2D eigenvalue weighted by Crippen LogP contribution is 2.21. The molecule has 0 saturated heterocycles. The maximum Gasteiger partial charge on any atom is 0.291 e. The number of benzene rings is 2. The van der Waals surface area contributed by atoms with E-state index in [0.717, 1.165) is 40.6 Å². The molecular weight excluding hydrogens is 450 g/mol. The Labute approximate surface area is 180 Å². The summed E-state index contributed by atoms with van der Waals surface area (Å²) in [4.78, 5) is 17.9. The van der Waals surface area contributed by atoms with Gasteiger partial charge in [-0.3, -0.25) is 4.79 Å². The highest BCUT2D eigenvalue weighted by molar-refractivity contribution is 9.10. The van der Waals surface area contributed by atoms with Crippen molar-refractivity contribution >= 4 is 38.3 Å². The van der Waals surface area contributed by atoms with Crippen LogP contribution in [0, 0.1) is 0 Å². The average molecular weight is 470 g/mol. The molecule has 29 heavy (non-hydrogen) atoms. The first kappa shape index (κ1) is 19.8. The second-order valence-electron chi connectivity index (χ2n) is 6.65. The van der Waals surface area contributed by atoms with E-state index in [-0.39, 0.29) is 5.56 Å². The monoisotopic (exact) mass is 469 g/mol. The molecular formula is C22H20BrN3O2S. The summed E-state index contributed by atoms with van der Waals surface area (Å²) in [7, 11) is 0. The first-order valence-electron chi connectivity index (χ1n) is 9.55. The van der Waals surface area contributed by atoms with Gasteiger partial charge in [0.1, 0.15) is 5.75 Å². The van der Waals surface area contributed by atoms with Gasteiger partial charge in [-0.05, 0) is 30.7 Å². The van der Waals surface area contributed by atoms with Crippen molar-refractivity contribution in [1.29, 1.82) is 0 Å². The van der Waals surface area contributed by atoms with Gasteiger partial charge in [0.2, 0.25) is 4.96 Å². The van der Waals surface area contributed by atoms with Gasteiger partial charge in [-0.2, -0.15) is 9.50 Å². The molecule has 7 heteroatoms. The van der Waals surface area contributed by atoms with Gasteiger partial charge in [-0.1, -0.05) is 77.4 Å². The molecule has 0 fully saturated rings. The van der Waals surface area contributed by atoms with Crippen LogP contribution in [0.4, 0.5) is 0 Å². The predicted molar refractivity (Wildman–Crippen MR) is 121 cm³/mol. The van der Waals surface area contributed by atoms with Crippen molar-refractivity contribution in [3.05, 3.63) is 73.5 Å². The summed E-state index contributed by atoms with van der Waals surface area (Å²) in [5.41, 5.74) is 1.60. The predicted octanol–water partition coefficient (Wildman–Crippen LogP) is 4.70. The van der Waals surface area contributed by atoms with Crippen LogP contribution in [-0.2, 0) is 0 Å². The van der Waals surface area contributed by atoms with Gasteiger partial charge in [-0.15, -0.1) is 5.10 Å². The van der Waals surface area contributed by atoms with Crippen LogP contribution in [0.5, 0.6) is 5.75 Å². The number of para-hydroxylation sites is 1. The summed E-state index contributed by atoms with van der Waals surface area (Å²) in [6.07, 6.45) is 5.18. The quantitative estimate of drug-likeness (QED) is 0.368. The third-order valence-electron chi connectivity index (χ3n) is 4.50. The van der Waals surface area contributed by atoms with E-state index in [4.69, 9.17) is 4.74 Å². The van der Waals surface area contributed by atoms with Gasteiger partial charge < -0.3 is 4.74 Å². The molecule has 0 aliphatic heterocycles. The van der Waals surface area contributed by atoms with Crippen molar-refractivity contribution in [2.45, 2.75) is 26.2 Å². The highest BCUT2D eigenvalue weighted by atomic mass is 79.9. The smallest absolute Gasteiger partial charge is 0.291 e. The molecule has 0 unspecified atom stereocenters. The molecule has 0 bridgehead atoms. The zero-order chi connectivity index (χ0) is 20.2. The van der Waals surface area contributed by atoms with Crippen molar-refractivity contribution in [2.75, 3.05) is 6.61 Å². The van der Waals surface area contributed by atoms with Crippen LogP contribution in [0.2, 0.25) is 0 Å². The second kappa shape index (κ2) is 8.88. The molecule has 5 nitrogen and oxygen atoms in total. The molecule has 148 valence electrons. The van der Waals surface area contributed by atoms with Crippen molar-refractivity contribution in [1.82, 2.24) is 14.6 Å². The van der Waals surface area contributed by atoms with Crippen molar-refractivity contribution in [3.63, 3.8) is 0 Å². The molecule has 0 atom stereocenters. The number of unbranched alkanes of at least 4 members (excludes halogenated alkanes) is 2. The standard InChI is InChI=1S/C22H20BrN3O2S/c1-2-3-6-13-28-18-8-5-4-7-16(18)14-19-21(27)26-22(29-19)24-20(25-26)15-9-11-17(23)12-10-15/h4-5,7-12,14H,2-3,6,13H2,1H3/b19-14+. The summed E-state index contributed by atoms with van der Waals surface area (Å²) in [5, 5.41) is 4.40. The summed E-state index contributed by atoms with van der Waals surface area (Å²) in [5.74, 6) is 1.34. The Hall–Kier alpha value is -2.51. The third-order valence-corrected chi connectivity index (χ3v) is 5.98. The van der Waals surface area contributed by atoms with Gasteiger partial charge in [0.25, 0.3) is 5.56 Å². The zero-order valence-electron chi connectivity index (χ0n) is 16.0.